The molecule has 3 heteroatoms. The lowest BCUT2D eigenvalue weighted by Crippen LogP contribution is -2.40. The summed E-state index contributed by atoms with van der Waals surface area (Å²) in [5, 5.41) is 3.11. The van der Waals surface area contributed by atoms with Crippen molar-refractivity contribution in [1.82, 2.24) is 4.90 Å². The van der Waals surface area contributed by atoms with Gasteiger partial charge in [0.2, 0.25) is 5.91 Å². The van der Waals surface area contributed by atoms with Crippen LogP contribution < -0.4 is 5.32 Å². The Morgan fingerprint density at radius 3 is 2.58 bits per heavy atom. The fourth-order valence-corrected chi connectivity index (χ4v) is 3.63. The number of rotatable bonds is 7. The number of carbonyl (C=O) groups excluding carboxylic acids is 1. The number of hydrogen-bond acceptors (Lipinski definition) is 2. The second-order valence-electron chi connectivity index (χ2n) is 7.35. The Bertz CT molecular complexity index is 681. The summed E-state index contributed by atoms with van der Waals surface area (Å²) in [6.45, 7) is 5.05. The summed E-state index contributed by atoms with van der Waals surface area (Å²) in [4.78, 5) is 15.1. The first kappa shape index (κ1) is 18.7. The molecule has 1 N–H and O–H groups in total. The van der Waals surface area contributed by atoms with Crippen LogP contribution in [-0.2, 0) is 17.8 Å². The molecule has 0 bridgehead atoms. The molecule has 3 nitrogen and oxygen atoms in total. The van der Waals surface area contributed by atoms with Gasteiger partial charge in [0.15, 0.2) is 0 Å². The minimum atomic E-state index is 0.0761. The highest BCUT2D eigenvalue weighted by Crippen LogP contribution is 2.21. The van der Waals surface area contributed by atoms with E-state index in [-0.39, 0.29) is 11.8 Å². The summed E-state index contributed by atoms with van der Waals surface area (Å²) in [5.74, 6) is 0.233. The van der Waals surface area contributed by atoms with Crippen LogP contribution >= 0.6 is 0 Å². The third-order valence-corrected chi connectivity index (χ3v) is 5.17. The first-order valence-corrected chi connectivity index (χ1v) is 9.90. The van der Waals surface area contributed by atoms with Gasteiger partial charge in [-0.1, -0.05) is 55.8 Å². The lowest BCUT2D eigenvalue weighted by Gasteiger charge is -2.32. The number of nitrogens with one attached hydrogen (secondary N) is 1. The first-order chi connectivity index (χ1) is 12.7. The molecule has 138 valence electrons. The predicted molar refractivity (Wildman–Crippen MR) is 108 cm³/mol. The van der Waals surface area contributed by atoms with Crippen molar-refractivity contribution in [3.05, 3.63) is 65.7 Å². The number of benzene rings is 2. The quantitative estimate of drug-likeness (QED) is 0.772. The van der Waals surface area contributed by atoms with Crippen LogP contribution in [0.3, 0.4) is 0 Å². The van der Waals surface area contributed by atoms with Crippen molar-refractivity contribution < 1.29 is 4.79 Å². The highest BCUT2D eigenvalue weighted by Gasteiger charge is 2.25. The standard InChI is InChI=1S/C23H30N2O/c1-2-3-8-19-12-14-22(15-13-19)24-23(26)21-11-7-16-25(18-21)17-20-9-5-4-6-10-20/h4-6,9-10,12-15,21H,2-3,7-8,11,16-18H2,1H3,(H,24,26). The molecule has 0 saturated carbocycles. The van der Waals surface area contributed by atoms with Crippen molar-refractivity contribution in [1.29, 1.82) is 0 Å². The van der Waals surface area contributed by atoms with Gasteiger partial charge in [-0.05, 0) is 55.5 Å². The zero-order valence-electron chi connectivity index (χ0n) is 15.8. The predicted octanol–water partition coefficient (Wildman–Crippen LogP) is 4.88. The SMILES string of the molecule is CCCCc1ccc(NC(=O)C2CCCN(Cc3ccccc3)C2)cc1. The molecule has 1 amide bonds. The molecule has 1 heterocycles. The summed E-state index contributed by atoms with van der Waals surface area (Å²) < 4.78 is 0. The Balaban J connectivity index is 1.52. The maximum atomic E-state index is 12.7. The fraction of sp³-hybridized carbons (Fsp3) is 0.435. The number of piperidine rings is 1. The van der Waals surface area contributed by atoms with Gasteiger partial charge in [-0.3, -0.25) is 9.69 Å². The molecule has 1 atom stereocenters. The Labute approximate surface area is 157 Å². The van der Waals surface area contributed by atoms with Gasteiger partial charge in [0.1, 0.15) is 0 Å². The molecule has 0 spiro atoms. The van der Waals surface area contributed by atoms with Crippen LogP contribution in [-0.4, -0.2) is 23.9 Å². The van der Waals surface area contributed by atoms with Crippen molar-refractivity contribution in [2.45, 2.75) is 45.6 Å². The number of anilines is 1. The molecule has 0 radical (unpaired) electrons. The van der Waals surface area contributed by atoms with Gasteiger partial charge in [-0.2, -0.15) is 0 Å². The van der Waals surface area contributed by atoms with E-state index in [1.807, 2.05) is 18.2 Å². The molecule has 0 aliphatic carbocycles. The van der Waals surface area contributed by atoms with E-state index in [4.69, 9.17) is 0 Å². The largest absolute Gasteiger partial charge is 0.326 e. The van der Waals surface area contributed by atoms with E-state index in [1.165, 1.54) is 24.0 Å². The number of nitrogens with zero attached hydrogens (tertiary/aromatic N) is 1. The molecule has 3 rings (SSSR count). The molecule has 0 aromatic heterocycles. The fourth-order valence-electron chi connectivity index (χ4n) is 3.63. The van der Waals surface area contributed by atoms with Crippen molar-refractivity contribution in [3.63, 3.8) is 0 Å². The van der Waals surface area contributed by atoms with E-state index in [0.717, 1.165) is 44.6 Å². The Hall–Kier alpha value is -2.13. The lowest BCUT2D eigenvalue weighted by atomic mass is 9.96. The van der Waals surface area contributed by atoms with E-state index in [0.29, 0.717) is 0 Å². The molecule has 1 aliphatic heterocycles. The lowest BCUT2D eigenvalue weighted by molar-refractivity contribution is -0.121. The van der Waals surface area contributed by atoms with Gasteiger partial charge in [-0.25, -0.2) is 0 Å². The molecule has 1 unspecified atom stereocenters. The van der Waals surface area contributed by atoms with Gasteiger partial charge in [0.05, 0.1) is 5.92 Å². The smallest absolute Gasteiger partial charge is 0.228 e. The van der Waals surface area contributed by atoms with Crippen LogP contribution in [0.25, 0.3) is 0 Å². The van der Waals surface area contributed by atoms with Crippen LogP contribution in [0.4, 0.5) is 5.69 Å². The van der Waals surface area contributed by atoms with E-state index < -0.39 is 0 Å². The number of aryl methyl sites for hydroxylation is 1. The normalized spacial score (nSPS) is 17.8. The molecule has 1 aliphatic rings. The molecular formula is C23H30N2O. The van der Waals surface area contributed by atoms with Gasteiger partial charge in [-0.15, -0.1) is 0 Å². The molecule has 1 saturated heterocycles. The van der Waals surface area contributed by atoms with Crippen molar-refractivity contribution in [2.75, 3.05) is 18.4 Å². The Morgan fingerprint density at radius 1 is 1.08 bits per heavy atom. The monoisotopic (exact) mass is 350 g/mol. The van der Waals surface area contributed by atoms with Gasteiger partial charge < -0.3 is 5.32 Å². The number of unbranched alkanes of at least 4 members (excludes halogenated alkanes) is 1. The molecule has 2 aromatic carbocycles. The average molecular weight is 351 g/mol. The van der Waals surface area contributed by atoms with Crippen LogP contribution in [0.5, 0.6) is 0 Å². The van der Waals surface area contributed by atoms with Crippen LogP contribution in [0.1, 0.15) is 43.7 Å². The molecule has 2 aromatic rings. The van der Waals surface area contributed by atoms with Gasteiger partial charge in [0.25, 0.3) is 0 Å². The van der Waals surface area contributed by atoms with E-state index in [9.17, 15) is 4.79 Å². The summed E-state index contributed by atoms with van der Waals surface area (Å²) in [6.07, 6.45) is 5.60. The maximum absolute atomic E-state index is 12.7. The summed E-state index contributed by atoms with van der Waals surface area (Å²) in [7, 11) is 0. The highest BCUT2D eigenvalue weighted by molar-refractivity contribution is 5.92. The first-order valence-electron chi connectivity index (χ1n) is 9.90. The Kier molecular flexibility index (Phi) is 6.84. The second-order valence-corrected chi connectivity index (χ2v) is 7.35. The molecular weight excluding hydrogens is 320 g/mol. The highest BCUT2D eigenvalue weighted by atomic mass is 16.1. The summed E-state index contributed by atoms with van der Waals surface area (Å²) >= 11 is 0. The Morgan fingerprint density at radius 2 is 1.85 bits per heavy atom. The minimum Gasteiger partial charge on any atom is -0.326 e. The summed E-state index contributed by atoms with van der Waals surface area (Å²) in [5.41, 5.74) is 3.57. The topological polar surface area (TPSA) is 32.3 Å². The summed E-state index contributed by atoms with van der Waals surface area (Å²) in [6, 6.07) is 18.8. The number of amides is 1. The van der Waals surface area contributed by atoms with Crippen LogP contribution in [0.15, 0.2) is 54.6 Å². The third kappa shape index (κ3) is 5.43. The third-order valence-electron chi connectivity index (χ3n) is 5.17. The van der Waals surface area contributed by atoms with Gasteiger partial charge in [0, 0.05) is 18.8 Å². The van der Waals surface area contributed by atoms with Crippen LogP contribution in [0, 0.1) is 5.92 Å². The number of carbonyl (C=O) groups is 1. The van der Waals surface area contributed by atoms with Crippen molar-refractivity contribution >= 4 is 11.6 Å². The average Bonchev–Trinajstić information content (AvgIpc) is 2.68. The van der Waals surface area contributed by atoms with Crippen molar-refractivity contribution in [2.24, 2.45) is 5.92 Å². The van der Waals surface area contributed by atoms with Gasteiger partial charge >= 0.3 is 0 Å². The molecule has 26 heavy (non-hydrogen) atoms. The molecule has 1 fully saturated rings. The van der Waals surface area contributed by atoms with E-state index in [1.54, 1.807) is 0 Å². The van der Waals surface area contributed by atoms with Crippen LogP contribution in [0.2, 0.25) is 0 Å². The van der Waals surface area contributed by atoms with E-state index >= 15 is 0 Å². The van der Waals surface area contributed by atoms with E-state index in [2.05, 4.69) is 53.5 Å². The maximum Gasteiger partial charge on any atom is 0.228 e. The van der Waals surface area contributed by atoms with Crippen molar-refractivity contribution in [3.8, 4) is 0 Å². The minimum absolute atomic E-state index is 0.0761. The second kappa shape index (κ2) is 9.54. The zero-order valence-corrected chi connectivity index (χ0v) is 15.8. The number of likely N-dealkylation sites (tertiary alicyclic amines) is 1. The number of hydrogen-bond donors (Lipinski definition) is 1. The zero-order chi connectivity index (χ0) is 18.2.